The number of nitrogens with zero attached hydrogens (tertiary/aromatic N) is 3. The van der Waals surface area contributed by atoms with Crippen LogP contribution in [0.25, 0.3) is 0 Å². The molecule has 2 rings (SSSR count). The van der Waals surface area contributed by atoms with Crippen LogP contribution < -0.4 is 10.6 Å². The van der Waals surface area contributed by atoms with Gasteiger partial charge in [0.25, 0.3) is 5.91 Å². The summed E-state index contributed by atoms with van der Waals surface area (Å²) in [6.45, 7) is 2.84. The lowest BCUT2D eigenvalue weighted by Gasteiger charge is -2.09. The van der Waals surface area contributed by atoms with Crippen molar-refractivity contribution in [1.29, 1.82) is 0 Å². The lowest BCUT2D eigenvalue weighted by atomic mass is 10.3. The molecule has 0 bridgehead atoms. The lowest BCUT2D eigenvalue weighted by molar-refractivity contribution is 0.102. The quantitative estimate of drug-likeness (QED) is 0.888. The van der Waals surface area contributed by atoms with E-state index in [1.807, 2.05) is 0 Å². The molecule has 2 aromatic heterocycles. The first-order valence-corrected chi connectivity index (χ1v) is 6.69. The summed E-state index contributed by atoms with van der Waals surface area (Å²) in [6, 6.07) is 5.11. The molecule has 0 saturated carbocycles. The van der Waals surface area contributed by atoms with Crippen LogP contribution in [0.4, 0.5) is 11.6 Å². The molecule has 0 fully saturated rings. The number of carbonyl (C=O) groups is 1. The van der Waals surface area contributed by atoms with Crippen LogP contribution in [-0.2, 0) is 7.05 Å². The van der Waals surface area contributed by atoms with Crippen molar-refractivity contribution in [2.24, 2.45) is 7.05 Å². The summed E-state index contributed by atoms with van der Waals surface area (Å²) in [5.41, 5.74) is 0.189. The molecule has 6 nitrogen and oxygen atoms in total. The van der Waals surface area contributed by atoms with E-state index < -0.39 is 0 Å². The highest BCUT2D eigenvalue weighted by molar-refractivity contribution is 6.34. The minimum absolute atomic E-state index is 0.189. The van der Waals surface area contributed by atoms with Gasteiger partial charge in [-0.05, 0) is 18.6 Å². The summed E-state index contributed by atoms with van der Waals surface area (Å²) in [5, 5.41) is 10.1. The molecule has 2 aromatic rings. The van der Waals surface area contributed by atoms with E-state index in [1.165, 1.54) is 0 Å². The van der Waals surface area contributed by atoms with Crippen LogP contribution in [0, 0.1) is 0 Å². The fourth-order valence-electron chi connectivity index (χ4n) is 1.63. The molecular formula is C13H16ClN5O. The number of carbonyl (C=O) groups excluding carboxylic acids is 1. The second-order valence-corrected chi connectivity index (χ2v) is 4.66. The maximum absolute atomic E-state index is 12.2. The Labute approximate surface area is 122 Å². The van der Waals surface area contributed by atoms with Crippen molar-refractivity contribution >= 4 is 29.1 Å². The maximum Gasteiger partial charge on any atom is 0.277 e. The van der Waals surface area contributed by atoms with Crippen LogP contribution in [-0.4, -0.2) is 27.2 Å². The zero-order valence-corrected chi connectivity index (χ0v) is 12.1. The van der Waals surface area contributed by atoms with Gasteiger partial charge in [0.05, 0.1) is 11.2 Å². The van der Waals surface area contributed by atoms with E-state index in [0.29, 0.717) is 16.7 Å². The fraction of sp³-hybridized carbons (Fsp3) is 0.308. The molecule has 20 heavy (non-hydrogen) atoms. The molecule has 0 aliphatic heterocycles. The SMILES string of the molecule is CCCNc1ccc(Cl)c(C(=O)Nc2ccnn2C)n1. The third-order valence-corrected chi connectivity index (χ3v) is 2.98. The number of hydrogen-bond donors (Lipinski definition) is 2. The largest absolute Gasteiger partial charge is 0.370 e. The molecule has 0 aromatic carbocycles. The Morgan fingerprint density at radius 3 is 2.85 bits per heavy atom. The van der Waals surface area contributed by atoms with E-state index in [0.717, 1.165) is 13.0 Å². The molecule has 0 unspecified atom stereocenters. The summed E-state index contributed by atoms with van der Waals surface area (Å²) in [4.78, 5) is 16.4. The molecule has 0 atom stereocenters. The minimum Gasteiger partial charge on any atom is -0.370 e. The van der Waals surface area contributed by atoms with Gasteiger partial charge in [-0.2, -0.15) is 5.10 Å². The number of aryl methyl sites for hydroxylation is 1. The van der Waals surface area contributed by atoms with Crippen molar-refractivity contribution in [2.75, 3.05) is 17.2 Å². The molecule has 7 heteroatoms. The van der Waals surface area contributed by atoms with Crippen molar-refractivity contribution in [3.05, 3.63) is 35.1 Å². The summed E-state index contributed by atoms with van der Waals surface area (Å²) in [7, 11) is 1.74. The van der Waals surface area contributed by atoms with Crippen LogP contribution in [0.1, 0.15) is 23.8 Å². The van der Waals surface area contributed by atoms with E-state index in [4.69, 9.17) is 11.6 Å². The number of hydrogen-bond acceptors (Lipinski definition) is 4. The molecule has 0 saturated heterocycles. The van der Waals surface area contributed by atoms with E-state index in [1.54, 1.807) is 36.1 Å². The Balaban J connectivity index is 2.18. The minimum atomic E-state index is -0.362. The molecular weight excluding hydrogens is 278 g/mol. The number of halogens is 1. The van der Waals surface area contributed by atoms with Gasteiger partial charge < -0.3 is 10.6 Å². The molecule has 2 N–H and O–H groups in total. The number of rotatable bonds is 5. The highest BCUT2D eigenvalue weighted by Crippen LogP contribution is 2.18. The normalized spacial score (nSPS) is 10.3. The van der Waals surface area contributed by atoms with Gasteiger partial charge in [0.15, 0.2) is 0 Å². The molecule has 0 aliphatic carbocycles. The number of anilines is 2. The molecule has 0 spiro atoms. The Bertz CT molecular complexity index is 611. The molecule has 106 valence electrons. The Hall–Kier alpha value is -2.08. The molecule has 0 aliphatic rings. The predicted octanol–water partition coefficient (Wildman–Crippen LogP) is 2.54. The second kappa shape index (κ2) is 6.38. The van der Waals surface area contributed by atoms with E-state index in [2.05, 4.69) is 27.6 Å². The van der Waals surface area contributed by atoms with E-state index in [-0.39, 0.29) is 11.6 Å². The Kier molecular flexibility index (Phi) is 4.57. The smallest absolute Gasteiger partial charge is 0.277 e. The van der Waals surface area contributed by atoms with Gasteiger partial charge in [-0.1, -0.05) is 18.5 Å². The van der Waals surface area contributed by atoms with Crippen LogP contribution in [0.2, 0.25) is 5.02 Å². The number of amides is 1. The number of nitrogens with one attached hydrogen (secondary N) is 2. The number of aromatic nitrogens is 3. The molecule has 0 radical (unpaired) electrons. The molecule has 1 amide bonds. The zero-order chi connectivity index (χ0) is 14.5. The monoisotopic (exact) mass is 293 g/mol. The highest BCUT2D eigenvalue weighted by atomic mass is 35.5. The van der Waals surface area contributed by atoms with Gasteiger partial charge in [0.2, 0.25) is 0 Å². The first-order chi connectivity index (χ1) is 9.61. The summed E-state index contributed by atoms with van der Waals surface area (Å²) < 4.78 is 1.56. The standard InChI is InChI=1S/C13H16ClN5O/c1-3-7-15-10-5-4-9(14)12(17-10)13(20)18-11-6-8-16-19(11)2/h4-6,8H,3,7H2,1-2H3,(H,15,17)(H,18,20). The van der Waals surface area contributed by atoms with Crippen LogP contribution in [0.15, 0.2) is 24.4 Å². The summed E-state index contributed by atoms with van der Waals surface area (Å²) in [6.07, 6.45) is 2.57. The third kappa shape index (κ3) is 3.27. The first kappa shape index (κ1) is 14.3. The Morgan fingerprint density at radius 1 is 1.40 bits per heavy atom. The van der Waals surface area contributed by atoms with Crippen molar-refractivity contribution in [1.82, 2.24) is 14.8 Å². The predicted molar refractivity (Wildman–Crippen MR) is 79.2 cm³/mol. The zero-order valence-electron chi connectivity index (χ0n) is 11.4. The number of pyridine rings is 1. The lowest BCUT2D eigenvalue weighted by Crippen LogP contribution is -2.17. The maximum atomic E-state index is 12.2. The van der Waals surface area contributed by atoms with Gasteiger partial charge >= 0.3 is 0 Å². The van der Waals surface area contributed by atoms with Crippen molar-refractivity contribution in [2.45, 2.75) is 13.3 Å². The molecule has 2 heterocycles. The fourth-order valence-corrected chi connectivity index (χ4v) is 1.82. The van der Waals surface area contributed by atoms with Gasteiger partial charge in [0, 0.05) is 19.7 Å². The van der Waals surface area contributed by atoms with E-state index in [9.17, 15) is 4.79 Å². The second-order valence-electron chi connectivity index (χ2n) is 4.25. The van der Waals surface area contributed by atoms with Crippen molar-refractivity contribution in [3.8, 4) is 0 Å². The van der Waals surface area contributed by atoms with Crippen LogP contribution in [0.3, 0.4) is 0 Å². The Morgan fingerprint density at radius 2 is 2.20 bits per heavy atom. The van der Waals surface area contributed by atoms with Crippen LogP contribution in [0.5, 0.6) is 0 Å². The summed E-state index contributed by atoms with van der Waals surface area (Å²) >= 11 is 6.03. The van der Waals surface area contributed by atoms with Gasteiger partial charge in [0.1, 0.15) is 17.3 Å². The van der Waals surface area contributed by atoms with E-state index >= 15 is 0 Å². The van der Waals surface area contributed by atoms with Gasteiger partial charge in [-0.3, -0.25) is 9.48 Å². The first-order valence-electron chi connectivity index (χ1n) is 6.31. The topological polar surface area (TPSA) is 71.8 Å². The van der Waals surface area contributed by atoms with Crippen molar-refractivity contribution in [3.63, 3.8) is 0 Å². The average molecular weight is 294 g/mol. The van der Waals surface area contributed by atoms with Gasteiger partial charge in [-0.25, -0.2) is 4.98 Å². The highest BCUT2D eigenvalue weighted by Gasteiger charge is 2.14. The summed E-state index contributed by atoms with van der Waals surface area (Å²) in [5.74, 6) is 0.852. The van der Waals surface area contributed by atoms with Crippen LogP contribution >= 0.6 is 11.6 Å². The van der Waals surface area contributed by atoms with Gasteiger partial charge in [-0.15, -0.1) is 0 Å². The van der Waals surface area contributed by atoms with Crippen molar-refractivity contribution < 1.29 is 4.79 Å². The average Bonchev–Trinajstić information content (AvgIpc) is 2.83. The third-order valence-electron chi connectivity index (χ3n) is 2.68.